The first-order valence-electron chi connectivity index (χ1n) is 6.49. The number of aromatic nitrogens is 3. The number of rotatable bonds is 11. The standard InChI is InChI=1S/C11H19IN6O4/c12-7-8(19)22-6-5-21-4-3-20-2-1-15-11-17-9(13)16-10(14)18-11/h1-7H2,(H5,13,14,15,16,17,18). The second-order valence-electron chi connectivity index (χ2n) is 3.88. The first-order chi connectivity index (χ1) is 10.6. The number of esters is 1. The van der Waals surface area contributed by atoms with Crippen LogP contribution in [0.4, 0.5) is 17.8 Å². The van der Waals surface area contributed by atoms with E-state index in [1.807, 2.05) is 22.6 Å². The fraction of sp³-hybridized carbons (Fsp3) is 0.636. The zero-order chi connectivity index (χ0) is 16.2. The molecule has 0 unspecified atom stereocenters. The molecule has 0 amide bonds. The number of halogens is 1. The van der Waals surface area contributed by atoms with Crippen LogP contribution in [0.2, 0.25) is 0 Å². The molecule has 124 valence electrons. The topological polar surface area (TPSA) is 148 Å². The minimum absolute atomic E-state index is 0.0626. The molecular formula is C11H19IN6O4. The molecule has 0 spiro atoms. The van der Waals surface area contributed by atoms with Crippen molar-refractivity contribution in [1.29, 1.82) is 0 Å². The van der Waals surface area contributed by atoms with E-state index in [0.29, 0.717) is 43.3 Å². The van der Waals surface area contributed by atoms with Crippen molar-refractivity contribution in [2.24, 2.45) is 0 Å². The van der Waals surface area contributed by atoms with E-state index in [1.54, 1.807) is 0 Å². The molecule has 0 aliphatic heterocycles. The molecule has 10 nitrogen and oxygen atoms in total. The van der Waals surface area contributed by atoms with Crippen molar-refractivity contribution in [3.8, 4) is 0 Å². The lowest BCUT2D eigenvalue weighted by Gasteiger charge is -2.07. The maximum Gasteiger partial charge on any atom is 0.315 e. The molecule has 5 N–H and O–H groups in total. The van der Waals surface area contributed by atoms with E-state index in [4.69, 9.17) is 25.7 Å². The molecule has 1 rings (SSSR count). The Morgan fingerprint density at radius 3 is 2.23 bits per heavy atom. The highest BCUT2D eigenvalue weighted by molar-refractivity contribution is 14.1. The Labute approximate surface area is 141 Å². The number of ether oxygens (including phenoxy) is 3. The Kier molecular flexibility index (Phi) is 9.41. The summed E-state index contributed by atoms with van der Waals surface area (Å²) in [6.07, 6.45) is 0. The third-order valence-corrected chi connectivity index (χ3v) is 2.79. The number of hydrogen-bond acceptors (Lipinski definition) is 10. The summed E-state index contributed by atoms with van der Waals surface area (Å²) in [5.74, 6) is 0.188. The summed E-state index contributed by atoms with van der Waals surface area (Å²) < 4.78 is 15.8. The predicted octanol–water partition coefficient (Wildman–Crippen LogP) is -0.541. The van der Waals surface area contributed by atoms with Crippen LogP contribution in [-0.4, -0.2) is 64.9 Å². The van der Waals surface area contributed by atoms with Crippen molar-refractivity contribution in [3.63, 3.8) is 0 Å². The molecule has 0 aliphatic carbocycles. The molecule has 1 heterocycles. The lowest BCUT2D eigenvalue weighted by molar-refractivity contribution is -0.141. The van der Waals surface area contributed by atoms with Gasteiger partial charge in [-0.1, -0.05) is 22.6 Å². The van der Waals surface area contributed by atoms with Crippen LogP contribution in [0.15, 0.2) is 0 Å². The van der Waals surface area contributed by atoms with E-state index in [2.05, 4.69) is 20.3 Å². The van der Waals surface area contributed by atoms with Crippen LogP contribution in [0.25, 0.3) is 0 Å². The summed E-state index contributed by atoms with van der Waals surface area (Å²) in [5, 5.41) is 2.91. The highest BCUT2D eigenvalue weighted by Gasteiger charge is 2.01. The third-order valence-electron chi connectivity index (χ3n) is 2.17. The van der Waals surface area contributed by atoms with E-state index in [-0.39, 0.29) is 24.5 Å². The van der Waals surface area contributed by atoms with Gasteiger partial charge in [0.15, 0.2) is 0 Å². The van der Waals surface area contributed by atoms with Gasteiger partial charge in [-0.25, -0.2) is 0 Å². The normalized spacial score (nSPS) is 10.4. The molecule has 0 fully saturated rings. The SMILES string of the molecule is Nc1nc(N)nc(NCCOCCOCCOC(=O)CI)n1. The van der Waals surface area contributed by atoms with Crippen LogP contribution < -0.4 is 16.8 Å². The summed E-state index contributed by atoms with van der Waals surface area (Å²) in [5.41, 5.74) is 10.9. The number of nitrogens with two attached hydrogens (primary N) is 2. The molecule has 0 saturated carbocycles. The Morgan fingerprint density at radius 2 is 1.59 bits per heavy atom. The van der Waals surface area contributed by atoms with Gasteiger partial charge < -0.3 is 31.0 Å². The van der Waals surface area contributed by atoms with Gasteiger partial charge in [-0.05, 0) is 0 Å². The van der Waals surface area contributed by atoms with Gasteiger partial charge in [0.1, 0.15) is 6.61 Å². The van der Waals surface area contributed by atoms with E-state index < -0.39 is 0 Å². The van der Waals surface area contributed by atoms with Gasteiger partial charge in [0.05, 0.1) is 30.9 Å². The van der Waals surface area contributed by atoms with Gasteiger partial charge in [0, 0.05) is 6.54 Å². The average molecular weight is 426 g/mol. The number of nitrogens with zero attached hydrogens (tertiary/aromatic N) is 3. The van der Waals surface area contributed by atoms with Gasteiger partial charge in [0.2, 0.25) is 17.8 Å². The van der Waals surface area contributed by atoms with Crippen LogP contribution in [0.3, 0.4) is 0 Å². The molecular weight excluding hydrogens is 407 g/mol. The maximum absolute atomic E-state index is 10.8. The van der Waals surface area contributed by atoms with Gasteiger partial charge in [-0.2, -0.15) is 15.0 Å². The molecule has 0 atom stereocenters. The smallest absolute Gasteiger partial charge is 0.315 e. The lowest BCUT2D eigenvalue weighted by Crippen LogP contribution is -2.16. The molecule has 0 aliphatic rings. The average Bonchev–Trinajstić information content (AvgIpc) is 2.47. The summed E-state index contributed by atoms with van der Waals surface area (Å²) in [4.78, 5) is 22.2. The van der Waals surface area contributed by atoms with Crippen LogP contribution in [-0.2, 0) is 19.0 Å². The fourth-order valence-corrected chi connectivity index (χ4v) is 1.52. The highest BCUT2D eigenvalue weighted by Crippen LogP contribution is 2.02. The Bertz CT molecular complexity index is 444. The highest BCUT2D eigenvalue weighted by atomic mass is 127. The fourth-order valence-electron chi connectivity index (χ4n) is 1.30. The summed E-state index contributed by atoms with van der Waals surface area (Å²) in [6.45, 7) is 2.41. The lowest BCUT2D eigenvalue weighted by atomic mass is 10.6. The summed E-state index contributed by atoms with van der Waals surface area (Å²) in [6, 6.07) is 0. The quantitative estimate of drug-likeness (QED) is 0.182. The minimum atomic E-state index is -0.244. The second-order valence-corrected chi connectivity index (χ2v) is 4.64. The monoisotopic (exact) mass is 426 g/mol. The molecule has 22 heavy (non-hydrogen) atoms. The van der Waals surface area contributed by atoms with Crippen molar-refractivity contribution in [1.82, 2.24) is 15.0 Å². The van der Waals surface area contributed by atoms with Crippen molar-refractivity contribution < 1.29 is 19.0 Å². The van der Waals surface area contributed by atoms with Crippen molar-refractivity contribution >= 4 is 46.4 Å². The largest absolute Gasteiger partial charge is 0.463 e. The Hall–Kier alpha value is -1.47. The number of carbonyl (C=O) groups is 1. The van der Waals surface area contributed by atoms with E-state index in [1.165, 1.54) is 0 Å². The molecule has 0 radical (unpaired) electrons. The van der Waals surface area contributed by atoms with Crippen molar-refractivity contribution in [2.45, 2.75) is 0 Å². The van der Waals surface area contributed by atoms with E-state index in [0.717, 1.165) is 0 Å². The predicted molar refractivity (Wildman–Crippen MR) is 88.6 cm³/mol. The number of anilines is 3. The molecule has 0 aromatic carbocycles. The molecule has 0 bridgehead atoms. The van der Waals surface area contributed by atoms with Gasteiger partial charge in [-0.15, -0.1) is 0 Å². The van der Waals surface area contributed by atoms with Crippen LogP contribution in [0.5, 0.6) is 0 Å². The number of hydrogen-bond donors (Lipinski definition) is 3. The molecule has 11 heteroatoms. The second kappa shape index (κ2) is 11.1. The van der Waals surface area contributed by atoms with Crippen LogP contribution in [0.1, 0.15) is 0 Å². The van der Waals surface area contributed by atoms with Gasteiger partial charge >= 0.3 is 5.97 Å². The Morgan fingerprint density at radius 1 is 1.00 bits per heavy atom. The first kappa shape index (κ1) is 18.6. The maximum atomic E-state index is 10.8. The first-order valence-corrected chi connectivity index (χ1v) is 8.02. The third kappa shape index (κ3) is 8.74. The zero-order valence-corrected chi connectivity index (χ0v) is 14.1. The molecule has 0 saturated heterocycles. The van der Waals surface area contributed by atoms with E-state index in [9.17, 15) is 4.79 Å². The van der Waals surface area contributed by atoms with E-state index >= 15 is 0 Å². The minimum Gasteiger partial charge on any atom is -0.463 e. The van der Waals surface area contributed by atoms with Crippen LogP contribution >= 0.6 is 22.6 Å². The number of carbonyl (C=O) groups excluding carboxylic acids is 1. The van der Waals surface area contributed by atoms with Gasteiger partial charge in [-0.3, -0.25) is 4.79 Å². The molecule has 1 aromatic rings. The summed E-state index contributed by atoms with van der Waals surface area (Å²) >= 11 is 1.94. The molecule has 1 aromatic heterocycles. The van der Waals surface area contributed by atoms with Crippen molar-refractivity contribution in [2.75, 3.05) is 60.8 Å². The summed E-state index contributed by atoms with van der Waals surface area (Å²) in [7, 11) is 0. The zero-order valence-electron chi connectivity index (χ0n) is 12.0. The van der Waals surface area contributed by atoms with Gasteiger partial charge in [0.25, 0.3) is 0 Å². The number of nitrogen functional groups attached to an aromatic ring is 2. The number of nitrogens with one attached hydrogen (secondary N) is 1. The van der Waals surface area contributed by atoms with Crippen LogP contribution in [0, 0.1) is 0 Å². The Balaban J connectivity index is 1.94. The number of alkyl halides is 1. The van der Waals surface area contributed by atoms with Crippen molar-refractivity contribution in [3.05, 3.63) is 0 Å².